The molecule has 0 radical (unpaired) electrons. The van der Waals surface area contributed by atoms with E-state index in [-0.39, 0.29) is 12.5 Å². The standard InChI is InChI=1S/C16H24FN3O2/c1-18-6-8-20(9-7-18)12-15(21)11-19(2)16(22)13-4-3-5-14(17)10-13/h3-5,10,15,21H,6-9,11-12H2,1-2H3. The molecule has 1 aromatic carbocycles. The highest BCUT2D eigenvalue weighted by molar-refractivity contribution is 5.94. The number of rotatable bonds is 5. The number of nitrogens with zero attached hydrogens (tertiary/aromatic N) is 3. The van der Waals surface area contributed by atoms with Crippen molar-refractivity contribution >= 4 is 5.91 Å². The van der Waals surface area contributed by atoms with Gasteiger partial charge < -0.3 is 14.9 Å². The summed E-state index contributed by atoms with van der Waals surface area (Å²) < 4.78 is 13.2. The van der Waals surface area contributed by atoms with Crippen LogP contribution in [0.25, 0.3) is 0 Å². The summed E-state index contributed by atoms with van der Waals surface area (Å²) in [6, 6.07) is 5.61. The van der Waals surface area contributed by atoms with Gasteiger partial charge in [0.25, 0.3) is 5.91 Å². The third-order valence-corrected chi connectivity index (χ3v) is 3.97. The third kappa shape index (κ3) is 4.76. The van der Waals surface area contributed by atoms with Crippen LogP contribution < -0.4 is 0 Å². The molecule has 0 spiro atoms. The lowest BCUT2D eigenvalue weighted by Crippen LogP contribution is -2.49. The van der Waals surface area contributed by atoms with Crippen molar-refractivity contribution in [3.8, 4) is 0 Å². The number of aliphatic hydroxyl groups excluding tert-OH is 1. The van der Waals surface area contributed by atoms with E-state index in [0.717, 1.165) is 26.2 Å². The maximum Gasteiger partial charge on any atom is 0.253 e. The molecule has 1 amide bonds. The van der Waals surface area contributed by atoms with Gasteiger partial charge in [-0.05, 0) is 25.2 Å². The summed E-state index contributed by atoms with van der Waals surface area (Å²) in [4.78, 5) is 18.1. The molecule has 22 heavy (non-hydrogen) atoms. The van der Waals surface area contributed by atoms with Gasteiger partial charge in [-0.3, -0.25) is 9.69 Å². The minimum absolute atomic E-state index is 0.238. The lowest BCUT2D eigenvalue weighted by Gasteiger charge is -2.34. The fourth-order valence-electron chi connectivity index (χ4n) is 2.63. The Hall–Kier alpha value is -1.50. The molecule has 1 saturated heterocycles. The van der Waals surface area contributed by atoms with E-state index in [1.54, 1.807) is 13.1 Å². The first-order chi connectivity index (χ1) is 10.5. The van der Waals surface area contributed by atoms with Crippen LogP contribution in [0.1, 0.15) is 10.4 Å². The lowest BCUT2D eigenvalue weighted by molar-refractivity contribution is 0.0501. The maximum absolute atomic E-state index is 13.2. The summed E-state index contributed by atoms with van der Waals surface area (Å²) in [7, 11) is 3.71. The predicted octanol–water partition coefficient (Wildman–Crippen LogP) is 0.506. The summed E-state index contributed by atoms with van der Waals surface area (Å²) in [5.41, 5.74) is 0.300. The van der Waals surface area contributed by atoms with Crippen LogP contribution in [0.5, 0.6) is 0 Å². The summed E-state index contributed by atoms with van der Waals surface area (Å²) >= 11 is 0. The molecule has 1 N–H and O–H groups in total. The smallest absolute Gasteiger partial charge is 0.253 e. The predicted molar refractivity (Wildman–Crippen MR) is 83.3 cm³/mol. The summed E-state index contributed by atoms with van der Waals surface area (Å²) in [5, 5.41) is 10.2. The van der Waals surface area contributed by atoms with E-state index in [4.69, 9.17) is 0 Å². The first-order valence-corrected chi connectivity index (χ1v) is 7.55. The summed E-state index contributed by atoms with van der Waals surface area (Å²) in [6.45, 7) is 4.62. The normalized spacial score (nSPS) is 18.2. The fourth-order valence-corrected chi connectivity index (χ4v) is 2.63. The van der Waals surface area contributed by atoms with E-state index in [9.17, 15) is 14.3 Å². The number of hydrogen-bond acceptors (Lipinski definition) is 4. The molecule has 2 rings (SSSR count). The molecule has 1 atom stereocenters. The molecule has 1 unspecified atom stereocenters. The number of piperazine rings is 1. The molecule has 1 aliphatic rings. The van der Waals surface area contributed by atoms with Crippen LogP contribution in [0.15, 0.2) is 24.3 Å². The Labute approximate surface area is 130 Å². The second-order valence-corrected chi connectivity index (χ2v) is 5.95. The highest BCUT2D eigenvalue weighted by Crippen LogP contribution is 2.08. The minimum atomic E-state index is -0.606. The van der Waals surface area contributed by atoms with Gasteiger partial charge in [-0.25, -0.2) is 4.39 Å². The highest BCUT2D eigenvalue weighted by Gasteiger charge is 2.20. The van der Waals surface area contributed by atoms with E-state index >= 15 is 0 Å². The molecule has 0 aromatic heterocycles. The summed E-state index contributed by atoms with van der Waals surface area (Å²) in [6.07, 6.45) is -0.606. The topological polar surface area (TPSA) is 47.0 Å². The molecular formula is C16H24FN3O2. The molecule has 0 saturated carbocycles. The van der Waals surface area contributed by atoms with E-state index in [1.807, 2.05) is 0 Å². The molecule has 0 bridgehead atoms. The van der Waals surface area contributed by atoms with Gasteiger partial charge in [0.05, 0.1) is 6.10 Å². The van der Waals surface area contributed by atoms with Crippen molar-refractivity contribution in [3.05, 3.63) is 35.6 Å². The molecule has 6 heteroatoms. The fraction of sp³-hybridized carbons (Fsp3) is 0.562. The van der Waals surface area contributed by atoms with E-state index in [1.165, 1.54) is 23.1 Å². The molecule has 5 nitrogen and oxygen atoms in total. The number of likely N-dealkylation sites (N-methyl/N-ethyl adjacent to an activating group) is 2. The highest BCUT2D eigenvalue weighted by atomic mass is 19.1. The van der Waals surface area contributed by atoms with Gasteiger partial charge in [0.2, 0.25) is 0 Å². The van der Waals surface area contributed by atoms with Crippen molar-refractivity contribution in [1.82, 2.24) is 14.7 Å². The Balaban J connectivity index is 1.83. The van der Waals surface area contributed by atoms with Gasteiger partial charge in [-0.1, -0.05) is 6.07 Å². The average Bonchev–Trinajstić information content (AvgIpc) is 2.48. The van der Waals surface area contributed by atoms with Crippen LogP contribution in [-0.2, 0) is 0 Å². The minimum Gasteiger partial charge on any atom is -0.390 e. The third-order valence-electron chi connectivity index (χ3n) is 3.97. The largest absolute Gasteiger partial charge is 0.390 e. The number of benzene rings is 1. The molecule has 0 aliphatic carbocycles. The van der Waals surface area contributed by atoms with Gasteiger partial charge in [-0.2, -0.15) is 0 Å². The molecular weight excluding hydrogens is 285 g/mol. The average molecular weight is 309 g/mol. The number of β-amino-alcohol motifs (C(OH)–C–C–N with tert-alkyl or cyclic N) is 1. The molecule has 1 heterocycles. The van der Waals surface area contributed by atoms with E-state index in [2.05, 4.69) is 16.8 Å². The number of aliphatic hydroxyl groups is 1. The van der Waals surface area contributed by atoms with Crippen LogP contribution in [0, 0.1) is 5.82 Å². The van der Waals surface area contributed by atoms with Gasteiger partial charge in [-0.15, -0.1) is 0 Å². The number of halogens is 1. The zero-order valence-electron chi connectivity index (χ0n) is 13.2. The van der Waals surface area contributed by atoms with E-state index in [0.29, 0.717) is 12.1 Å². The quantitative estimate of drug-likeness (QED) is 0.861. The van der Waals surface area contributed by atoms with Gasteiger partial charge in [0, 0.05) is 51.9 Å². The molecule has 122 valence electrons. The van der Waals surface area contributed by atoms with Crippen molar-refractivity contribution in [2.24, 2.45) is 0 Å². The van der Waals surface area contributed by atoms with Crippen LogP contribution >= 0.6 is 0 Å². The van der Waals surface area contributed by atoms with Crippen LogP contribution in [0.2, 0.25) is 0 Å². The van der Waals surface area contributed by atoms with Crippen LogP contribution in [-0.4, -0.2) is 85.2 Å². The Morgan fingerprint density at radius 3 is 2.68 bits per heavy atom. The maximum atomic E-state index is 13.2. The molecule has 1 fully saturated rings. The lowest BCUT2D eigenvalue weighted by atomic mass is 10.2. The monoisotopic (exact) mass is 309 g/mol. The Bertz CT molecular complexity index is 504. The van der Waals surface area contributed by atoms with Gasteiger partial charge in [0.15, 0.2) is 0 Å². The Kier molecular flexibility index (Phi) is 5.88. The number of carbonyl (C=O) groups is 1. The number of hydrogen-bond donors (Lipinski definition) is 1. The van der Waals surface area contributed by atoms with Crippen molar-refractivity contribution < 1.29 is 14.3 Å². The van der Waals surface area contributed by atoms with Crippen molar-refractivity contribution in [1.29, 1.82) is 0 Å². The SMILES string of the molecule is CN1CCN(CC(O)CN(C)C(=O)c2cccc(F)c2)CC1. The van der Waals surface area contributed by atoms with Crippen molar-refractivity contribution in [2.75, 3.05) is 53.4 Å². The zero-order valence-corrected chi connectivity index (χ0v) is 13.2. The molecule has 1 aromatic rings. The van der Waals surface area contributed by atoms with Crippen molar-refractivity contribution in [2.45, 2.75) is 6.10 Å². The first-order valence-electron chi connectivity index (χ1n) is 7.55. The van der Waals surface area contributed by atoms with Gasteiger partial charge >= 0.3 is 0 Å². The number of carbonyl (C=O) groups excluding carboxylic acids is 1. The number of amides is 1. The molecule has 1 aliphatic heterocycles. The van der Waals surface area contributed by atoms with Crippen LogP contribution in [0.4, 0.5) is 4.39 Å². The Morgan fingerprint density at radius 1 is 1.36 bits per heavy atom. The van der Waals surface area contributed by atoms with E-state index < -0.39 is 11.9 Å². The summed E-state index contributed by atoms with van der Waals surface area (Å²) in [5.74, 6) is -0.714. The second-order valence-electron chi connectivity index (χ2n) is 5.95. The zero-order chi connectivity index (χ0) is 16.1. The Morgan fingerprint density at radius 2 is 2.05 bits per heavy atom. The van der Waals surface area contributed by atoms with Gasteiger partial charge in [0.1, 0.15) is 5.82 Å². The first kappa shape index (κ1) is 16.9. The van der Waals surface area contributed by atoms with Crippen LogP contribution in [0.3, 0.4) is 0 Å². The van der Waals surface area contributed by atoms with Crippen molar-refractivity contribution in [3.63, 3.8) is 0 Å². The second kappa shape index (κ2) is 7.67.